The number of sulfonamides is 1. The van der Waals surface area contributed by atoms with Gasteiger partial charge in [0.2, 0.25) is 10.0 Å². The zero-order valence-electron chi connectivity index (χ0n) is 16.8. The van der Waals surface area contributed by atoms with Gasteiger partial charge in [-0.3, -0.25) is 9.58 Å². The molecular weight excluding hydrogens is 392 g/mol. The Labute approximate surface area is 172 Å². The summed E-state index contributed by atoms with van der Waals surface area (Å²) in [6.45, 7) is 8.70. The minimum Gasteiger partial charge on any atom is -0.379 e. The van der Waals surface area contributed by atoms with Gasteiger partial charge in [0, 0.05) is 44.5 Å². The molecule has 2 fully saturated rings. The van der Waals surface area contributed by atoms with Crippen molar-refractivity contribution < 1.29 is 17.9 Å². The molecule has 3 heterocycles. The molecule has 4 rings (SSSR count). The number of morpholine rings is 2. The first-order valence-electron chi connectivity index (χ1n) is 10.1. The summed E-state index contributed by atoms with van der Waals surface area (Å²) in [7, 11) is -3.53. The third-order valence-electron chi connectivity index (χ3n) is 5.49. The van der Waals surface area contributed by atoms with E-state index in [0.29, 0.717) is 31.2 Å². The standard InChI is InChI=1S/C20H28N4O4S/c1-17-2-3-18(14-20(17)29(25,26)24-8-12-28-13-9-24)19-15-21-23(16-19)5-4-22-6-10-27-11-7-22/h2-3,14-16H,4-13H2,1H3. The highest BCUT2D eigenvalue weighted by Gasteiger charge is 2.28. The van der Waals surface area contributed by atoms with Crippen LogP contribution in [-0.2, 0) is 26.0 Å². The number of aryl methyl sites for hydroxylation is 1. The monoisotopic (exact) mass is 420 g/mol. The van der Waals surface area contributed by atoms with Gasteiger partial charge in [0.05, 0.1) is 44.1 Å². The second-order valence-corrected chi connectivity index (χ2v) is 9.35. The largest absolute Gasteiger partial charge is 0.379 e. The van der Waals surface area contributed by atoms with Gasteiger partial charge < -0.3 is 9.47 Å². The predicted molar refractivity (Wildman–Crippen MR) is 109 cm³/mol. The van der Waals surface area contributed by atoms with Crippen LogP contribution in [0.4, 0.5) is 0 Å². The van der Waals surface area contributed by atoms with Gasteiger partial charge in [0.15, 0.2) is 0 Å². The van der Waals surface area contributed by atoms with Gasteiger partial charge in [-0.25, -0.2) is 8.42 Å². The van der Waals surface area contributed by atoms with E-state index in [-0.39, 0.29) is 0 Å². The Morgan fingerprint density at radius 1 is 0.966 bits per heavy atom. The molecule has 0 bridgehead atoms. The summed E-state index contributed by atoms with van der Waals surface area (Å²) in [5.41, 5.74) is 2.53. The maximum atomic E-state index is 13.1. The summed E-state index contributed by atoms with van der Waals surface area (Å²) in [5.74, 6) is 0. The van der Waals surface area contributed by atoms with E-state index in [1.807, 2.05) is 29.9 Å². The number of benzene rings is 1. The van der Waals surface area contributed by atoms with Gasteiger partial charge >= 0.3 is 0 Å². The van der Waals surface area contributed by atoms with Gasteiger partial charge in [-0.05, 0) is 24.1 Å². The lowest BCUT2D eigenvalue weighted by Crippen LogP contribution is -2.40. The van der Waals surface area contributed by atoms with Crippen molar-refractivity contribution in [3.05, 3.63) is 36.2 Å². The minimum absolute atomic E-state index is 0.359. The molecule has 2 aliphatic heterocycles. The molecule has 0 unspecified atom stereocenters. The van der Waals surface area contributed by atoms with Crippen molar-refractivity contribution >= 4 is 10.0 Å². The molecule has 158 valence electrons. The number of aromatic nitrogens is 2. The topological polar surface area (TPSA) is 76.9 Å². The second-order valence-electron chi connectivity index (χ2n) is 7.44. The van der Waals surface area contributed by atoms with Crippen LogP contribution in [-0.4, -0.2) is 86.6 Å². The summed E-state index contributed by atoms with van der Waals surface area (Å²) in [4.78, 5) is 2.72. The molecule has 0 atom stereocenters. The Morgan fingerprint density at radius 3 is 2.38 bits per heavy atom. The SMILES string of the molecule is Cc1ccc(-c2cnn(CCN3CCOCC3)c2)cc1S(=O)(=O)N1CCOCC1. The van der Waals surface area contributed by atoms with E-state index in [2.05, 4.69) is 10.00 Å². The van der Waals surface area contributed by atoms with Crippen LogP contribution >= 0.6 is 0 Å². The Balaban J connectivity index is 1.50. The van der Waals surface area contributed by atoms with Crippen LogP contribution in [0.5, 0.6) is 0 Å². The zero-order valence-corrected chi connectivity index (χ0v) is 17.6. The van der Waals surface area contributed by atoms with Crippen LogP contribution in [0.1, 0.15) is 5.56 Å². The number of hydrogen-bond acceptors (Lipinski definition) is 6. The molecule has 0 radical (unpaired) electrons. The average molecular weight is 421 g/mol. The van der Waals surface area contributed by atoms with Gasteiger partial charge in [-0.15, -0.1) is 0 Å². The van der Waals surface area contributed by atoms with Crippen molar-refractivity contribution in [3.63, 3.8) is 0 Å². The number of rotatable bonds is 6. The van der Waals surface area contributed by atoms with E-state index in [0.717, 1.165) is 56.1 Å². The van der Waals surface area contributed by atoms with E-state index >= 15 is 0 Å². The summed E-state index contributed by atoms with van der Waals surface area (Å²) in [5, 5.41) is 4.46. The lowest BCUT2D eigenvalue weighted by Gasteiger charge is -2.26. The van der Waals surface area contributed by atoms with Gasteiger partial charge in [0.25, 0.3) is 0 Å². The normalized spacial score (nSPS) is 19.5. The van der Waals surface area contributed by atoms with E-state index in [1.165, 1.54) is 4.31 Å². The number of hydrogen-bond donors (Lipinski definition) is 0. The first kappa shape index (κ1) is 20.5. The molecule has 1 aromatic carbocycles. The van der Waals surface area contributed by atoms with E-state index in [4.69, 9.17) is 9.47 Å². The second kappa shape index (κ2) is 8.93. The summed E-state index contributed by atoms with van der Waals surface area (Å²) in [6.07, 6.45) is 3.78. The van der Waals surface area contributed by atoms with Crippen LogP contribution in [0.3, 0.4) is 0 Å². The average Bonchev–Trinajstić information content (AvgIpc) is 3.23. The molecule has 0 N–H and O–H groups in total. The number of ether oxygens (including phenoxy) is 2. The molecular formula is C20H28N4O4S. The van der Waals surface area contributed by atoms with Crippen molar-refractivity contribution in [2.75, 3.05) is 59.2 Å². The van der Waals surface area contributed by atoms with Crippen LogP contribution < -0.4 is 0 Å². The maximum absolute atomic E-state index is 13.1. The molecule has 9 heteroatoms. The fourth-order valence-corrected chi connectivity index (χ4v) is 5.35. The van der Waals surface area contributed by atoms with Crippen molar-refractivity contribution in [1.82, 2.24) is 19.0 Å². The molecule has 0 amide bonds. The van der Waals surface area contributed by atoms with Crippen molar-refractivity contribution in [1.29, 1.82) is 0 Å². The van der Waals surface area contributed by atoms with Gasteiger partial charge in [-0.2, -0.15) is 9.40 Å². The molecule has 1 aromatic heterocycles. The molecule has 2 aromatic rings. The summed E-state index contributed by atoms with van der Waals surface area (Å²) in [6, 6.07) is 5.59. The van der Waals surface area contributed by atoms with Crippen LogP contribution in [0.2, 0.25) is 0 Å². The van der Waals surface area contributed by atoms with Crippen LogP contribution in [0.25, 0.3) is 11.1 Å². The third kappa shape index (κ3) is 4.70. The quantitative estimate of drug-likeness (QED) is 0.699. The third-order valence-corrected chi connectivity index (χ3v) is 7.53. The van der Waals surface area contributed by atoms with Gasteiger partial charge in [0.1, 0.15) is 0 Å². The lowest BCUT2D eigenvalue weighted by molar-refractivity contribution is 0.0360. The van der Waals surface area contributed by atoms with E-state index in [1.54, 1.807) is 12.3 Å². The van der Waals surface area contributed by atoms with E-state index < -0.39 is 10.0 Å². The minimum atomic E-state index is -3.53. The highest BCUT2D eigenvalue weighted by molar-refractivity contribution is 7.89. The maximum Gasteiger partial charge on any atom is 0.243 e. The highest BCUT2D eigenvalue weighted by Crippen LogP contribution is 2.27. The molecule has 0 spiro atoms. The van der Waals surface area contributed by atoms with E-state index in [9.17, 15) is 8.42 Å². The van der Waals surface area contributed by atoms with Crippen LogP contribution in [0, 0.1) is 6.92 Å². The molecule has 0 saturated carbocycles. The molecule has 2 aliphatic rings. The first-order chi connectivity index (χ1) is 14.0. The number of nitrogens with zero attached hydrogens (tertiary/aromatic N) is 4. The Morgan fingerprint density at radius 2 is 1.66 bits per heavy atom. The Kier molecular flexibility index (Phi) is 6.31. The lowest BCUT2D eigenvalue weighted by atomic mass is 10.1. The highest BCUT2D eigenvalue weighted by atomic mass is 32.2. The molecule has 29 heavy (non-hydrogen) atoms. The Hall–Kier alpha value is -1.78. The summed E-state index contributed by atoms with van der Waals surface area (Å²) >= 11 is 0. The van der Waals surface area contributed by atoms with Gasteiger partial charge in [-0.1, -0.05) is 12.1 Å². The van der Waals surface area contributed by atoms with Crippen molar-refractivity contribution in [3.8, 4) is 11.1 Å². The molecule has 2 saturated heterocycles. The van der Waals surface area contributed by atoms with Crippen molar-refractivity contribution in [2.24, 2.45) is 0 Å². The fraction of sp³-hybridized carbons (Fsp3) is 0.550. The molecule has 8 nitrogen and oxygen atoms in total. The fourth-order valence-electron chi connectivity index (χ4n) is 3.69. The Bertz CT molecular complexity index is 932. The van der Waals surface area contributed by atoms with Crippen molar-refractivity contribution in [2.45, 2.75) is 18.4 Å². The predicted octanol–water partition coefficient (Wildman–Crippen LogP) is 1.21. The van der Waals surface area contributed by atoms with Crippen LogP contribution in [0.15, 0.2) is 35.5 Å². The zero-order chi connectivity index (χ0) is 20.3. The smallest absolute Gasteiger partial charge is 0.243 e. The molecule has 0 aliphatic carbocycles. The summed E-state index contributed by atoms with van der Waals surface area (Å²) < 4.78 is 40.3. The first-order valence-corrected chi connectivity index (χ1v) is 11.5.